The Labute approximate surface area is 120 Å². The summed E-state index contributed by atoms with van der Waals surface area (Å²) < 4.78 is 26.4. The summed E-state index contributed by atoms with van der Waals surface area (Å²) in [6, 6.07) is 3.90. The molecule has 1 rings (SSSR count). The van der Waals surface area contributed by atoms with Crippen LogP contribution in [-0.2, 0) is 11.2 Å². The number of unbranched alkanes of at least 4 members (excludes halogenated alkanes) is 2. The number of halogens is 3. The molecule has 0 atom stereocenters. The van der Waals surface area contributed by atoms with Crippen molar-refractivity contribution in [2.45, 2.75) is 25.7 Å². The average molecular weight is 334 g/mol. The van der Waals surface area contributed by atoms with Crippen molar-refractivity contribution < 1.29 is 13.6 Å². The minimum atomic E-state index is -0.927. The van der Waals surface area contributed by atoms with Crippen molar-refractivity contribution in [3.05, 3.63) is 35.4 Å². The molecule has 1 aromatic rings. The maximum absolute atomic E-state index is 13.4. The number of carbonyl (C=O) groups is 1. The number of rotatable bonds is 7. The van der Waals surface area contributed by atoms with Crippen LogP contribution in [0.25, 0.3) is 0 Å². The monoisotopic (exact) mass is 333 g/mol. The Morgan fingerprint density at radius 2 is 2.00 bits per heavy atom. The van der Waals surface area contributed by atoms with Crippen LogP contribution in [-0.4, -0.2) is 29.7 Å². The second kappa shape index (κ2) is 8.25. The van der Waals surface area contributed by atoms with E-state index in [2.05, 4.69) is 15.9 Å². The maximum Gasteiger partial charge on any atom is 0.226 e. The molecule has 0 fully saturated rings. The van der Waals surface area contributed by atoms with Gasteiger partial charge in [0.25, 0.3) is 0 Å². The highest BCUT2D eigenvalue weighted by Gasteiger charge is 2.14. The van der Waals surface area contributed by atoms with E-state index < -0.39 is 11.6 Å². The maximum atomic E-state index is 13.4. The van der Waals surface area contributed by atoms with E-state index >= 15 is 0 Å². The summed E-state index contributed by atoms with van der Waals surface area (Å²) in [5.41, 5.74) is 0.109. The molecule has 0 saturated heterocycles. The number of benzene rings is 1. The molecule has 0 saturated carbocycles. The lowest BCUT2D eigenvalue weighted by atomic mass is 10.1. The van der Waals surface area contributed by atoms with Crippen LogP contribution in [0.4, 0.5) is 8.78 Å². The van der Waals surface area contributed by atoms with Crippen molar-refractivity contribution in [1.82, 2.24) is 4.90 Å². The van der Waals surface area contributed by atoms with Crippen molar-refractivity contribution in [3.8, 4) is 0 Å². The predicted octanol–water partition coefficient (Wildman–Crippen LogP) is 3.53. The Bertz CT molecular complexity index is 426. The smallest absolute Gasteiger partial charge is 0.226 e. The first-order chi connectivity index (χ1) is 9.06. The molecular formula is C14H18BrF2NO. The molecule has 0 aliphatic carbocycles. The van der Waals surface area contributed by atoms with Gasteiger partial charge in [-0.3, -0.25) is 4.79 Å². The molecule has 2 nitrogen and oxygen atoms in total. The van der Waals surface area contributed by atoms with Gasteiger partial charge in [-0.2, -0.15) is 0 Å². The minimum Gasteiger partial charge on any atom is -0.345 e. The Kier molecular flexibility index (Phi) is 6.99. The van der Waals surface area contributed by atoms with Gasteiger partial charge in [-0.1, -0.05) is 34.5 Å². The van der Waals surface area contributed by atoms with Crippen LogP contribution in [0.2, 0.25) is 0 Å². The Morgan fingerprint density at radius 1 is 1.26 bits per heavy atom. The molecule has 0 heterocycles. The molecule has 0 N–H and O–H groups in total. The Morgan fingerprint density at radius 3 is 2.68 bits per heavy atom. The molecule has 0 bridgehead atoms. The molecule has 1 amide bonds. The molecule has 5 heteroatoms. The molecule has 0 spiro atoms. The van der Waals surface area contributed by atoms with Gasteiger partial charge >= 0.3 is 0 Å². The molecule has 1 aromatic carbocycles. The third kappa shape index (κ3) is 5.27. The highest BCUT2D eigenvalue weighted by Crippen LogP contribution is 2.13. The fourth-order valence-electron chi connectivity index (χ4n) is 1.73. The summed E-state index contributed by atoms with van der Waals surface area (Å²) >= 11 is 3.35. The van der Waals surface area contributed by atoms with E-state index in [1.807, 2.05) is 0 Å². The first-order valence-corrected chi connectivity index (χ1v) is 7.41. The second-order valence-electron chi connectivity index (χ2n) is 4.45. The van der Waals surface area contributed by atoms with Gasteiger partial charge < -0.3 is 4.90 Å². The largest absolute Gasteiger partial charge is 0.345 e. The van der Waals surface area contributed by atoms with Gasteiger partial charge in [0.1, 0.15) is 0 Å². The lowest BCUT2D eigenvalue weighted by molar-refractivity contribution is -0.129. The van der Waals surface area contributed by atoms with Crippen molar-refractivity contribution in [2.75, 3.05) is 18.9 Å². The first kappa shape index (κ1) is 16.1. The molecule has 0 unspecified atom stereocenters. The lowest BCUT2D eigenvalue weighted by Crippen LogP contribution is -2.29. The summed E-state index contributed by atoms with van der Waals surface area (Å²) in [4.78, 5) is 13.4. The summed E-state index contributed by atoms with van der Waals surface area (Å²) in [6.07, 6.45) is 2.93. The first-order valence-electron chi connectivity index (χ1n) is 6.29. The number of nitrogens with zero attached hydrogens (tertiary/aromatic N) is 1. The van der Waals surface area contributed by atoms with E-state index in [1.54, 1.807) is 11.9 Å². The van der Waals surface area contributed by atoms with E-state index in [4.69, 9.17) is 0 Å². The van der Waals surface area contributed by atoms with Gasteiger partial charge in [0.05, 0.1) is 6.42 Å². The number of carbonyl (C=O) groups excluding carboxylic acids is 1. The zero-order chi connectivity index (χ0) is 14.3. The minimum absolute atomic E-state index is 0.0987. The highest BCUT2D eigenvalue weighted by molar-refractivity contribution is 9.09. The van der Waals surface area contributed by atoms with Gasteiger partial charge in [-0.05, 0) is 18.9 Å². The van der Waals surface area contributed by atoms with Crippen molar-refractivity contribution >= 4 is 21.8 Å². The zero-order valence-electron chi connectivity index (χ0n) is 11.0. The van der Waals surface area contributed by atoms with E-state index in [1.165, 1.54) is 12.1 Å². The quantitative estimate of drug-likeness (QED) is 0.552. The van der Waals surface area contributed by atoms with Crippen LogP contribution in [0.3, 0.4) is 0 Å². The van der Waals surface area contributed by atoms with Crippen LogP contribution < -0.4 is 0 Å². The van der Waals surface area contributed by atoms with E-state index in [9.17, 15) is 13.6 Å². The zero-order valence-corrected chi connectivity index (χ0v) is 12.6. The van der Waals surface area contributed by atoms with Crippen molar-refractivity contribution in [2.24, 2.45) is 0 Å². The topological polar surface area (TPSA) is 20.3 Å². The van der Waals surface area contributed by atoms with Crippen molar-refractivity contribution in [3.63, 3.8) is 0 Å². The third-order valence-electron chi connectivity index (χ3n) is 2.93. The average Bonchev–Trinajstić information content (AvgIpc) is 2.39. The Hall–Kier alpha value is -0.970. The number of hydrogen-bond acceptors (Lipinski definition) is 1. The van der Waals surface area contributed by atoms with Gasteiger partial charge in [0, 0.05) is 24.5 Å². The van der Waals surface area contributed by atoms with E-state index in [-0.39, 0.29) is 17.9 Å². The SMILES string of the molecule is CN(CCCCCBr)C(=O)Cc1cccc(F)c1F. The van der Waals surface area contributed by atoms with Gasteiger partial charge in [0.15, 0.2) is 11.6 Å². The fraction of sp³-hybridized carbons (Fsp3) is 0.500. The summed E-state index contributed by atoms with van der Waals surface area (Å²) in [5.74, 6) is -2.03. The van der Waals surface area contributed by atoms with Crippen LogP contribution in [0.5, 0.6) is 0 Å². The van der Waals surface area contributed by atoms with Crippen LogP contribution in [0.15, 0.2) is 18.2 Å². The van der Waals surface area contributed by atoms with E-state index in [0.29, 0.717) is 6.54 Å². The molecule has 0 aromatic heterocycles. The van der Waals surface area contributed by atoms with Crippen LogP contribution in [0.1, 0.15) is 24.8 Å². The molecule has 106 valence electrons. The molecule has 0 aliphatic rings. The Balaban J connectivity index is 2.47. The fourth-order valence-corrected chi connectivity index (χ4v) is 2.12. The standard InChI is InChI=1S/C14H18BrF2NO/c1-18(9-4-2-3-8-15)13(19)10-11-6-5-7-12(16)14(11)17/h5-7H,2-4,8-10H2,1H3. The number of amides is 1. The predicted molar refractivity (Wildman–Crippen MR) is 75.3 cm³/mol. The van der Waals surface area contributed by atoms with Crippen molar-refractivity contribution in [1.29, 1.82) is 0 Å². The summed E-state index contributed by atoms with van der Waals surface area (Å²) in [6.45, 7) is 0.642. The summed E-state index contributed by atoms with van der Waals surface area (Å²) in [5, 5.41) is 0.958. The van der Waals surface area contributed by atoms with Gasteiger partial charge in [-0.15, -0.1) is 0 Å². The molecule has 0 radical (unpaired) electrons. The number of hydrogen-bond donors (Lipinski definition) is 0. The van der Waals surface area contributed by atoms with E-state index in [0.717, 1.165) is 30.7 Å². The third-order valence-corrected chi connectivity index (χ3v) is 3.49. The second-order valence-corrected chi connectivity index (χ2v) is 5.25. The normalized spacial score (nSPS) is 10.5. The molecular weight excluding hydrogens is 316 g/mol. The number of alkyl halides is 1. The van der Waals surface area contributed by atoms with Gasteiger partial charge in [-0.25, -0.2) is 8.78 Å². The summed E-state index contributed by atoms with van der Waals surface area (Å²) in [7, 11) is 1.69. The van der Waals surface area contributed by atoms with Crippen LogP contribution in [0, 0.1) is 11.6 Å². The van der Waals surface area contributed by atoms with Gasteiger partial charge in [0.2, 0.25) is 5.91 Å². The number of likely N-dealkylation sites (N-methyl/N-ethyl adjacent to an activating group) is 1. The molecule has 0 aliphatic heterocycles. The molecule has 19 heavy (non-hydrogen) atoms. The van der Waals surface area contributed by atoms with Crippen LogP contribution >= 0.6 is 15.9 Å². The highest BCUT2D eigenvalue weighted by atomic mass is 79.9. The lowest BCUT2D eigenvalue weighted by Gasteiger charge is -2.17.